The van der Waals surface area contributed by atoms with Gasteiger partial charge in [-0.3, -0.25) is 0 Å². The standard InChI is InChI=1S/C8H12.C7H10/c1-2-4-6-8-7-5-3-1;1-2-7-4-3-6(1)5-7/h1-4H,5-8H2;1-2,6-7H,3-5H2. The molecule has 1 fully saturated rings. The number of hydrogen-bond acceptors (Lipinski definition) is 0. The van der Waals surface area contributed by atoms with Gasteiger partial charge in [-0.25, -0.2) is 0 Å². The molecule has 2 unspecified atom stereocenters. The van der Waals surface area contributed by atoms with Crippen molar-refractivity contribution in [2.75, 3.05) is 0 Å². The Morgan fingerprint density at radius 3 is 1.60 bits per heavy atom. The molecular weight excluding hydrogens is 180 g/mol. The van der Waals surface area contributed by atoms with Crippen LogP contribution >= 0.6 is 0 Å². The average molecular weight is 202 g/mol. The Morgan fingerprint density at radius 1 is 0.733 bits per heavy atom. The van der Waals surface area contributed by atoms with Gasteiger partial charge in [-0.2, -0.15) is 0 Å². The maximum absolute atomic E-state index is 2.38. The molecule has 0 heterocycles. The third kappa shape index (κ3) is 3.70. The molecular formula is C15H22. The van der Waals surface area contributed by atoms with Crippen LogP contribution in [-0.4, -0.2) is 0 Å². The molecule has 0 aromatic rings. The van der Waals surface area contributed by atoms with Crippen molar-refractivity contribution in [3.8, 4) is 0 Å². The summed E-state index contributed by atoms with van der Waals surface area (Å²) in [5.41, 5.74) is 0. The van der Waals surface area contributed by atoms with Gasteiger partial charge in [0.2, 0.25) is 0 Å². The van der Waals surface area contributed by atoms with Gasteiger partial charge in [0.15, 0.2) is 0 Å². The second kappa shape index (κ2) is 5.95. The summed E-state index contributed by atoms with van der Waals surface area (Å²) in [7, 11) is 0. The third-order valence-corrected chi connectivity index (χ3v) is 3.54. The van der Waals surface area contributed by atoms with Crippen LogP contribution in [0.4, 0.5) is 0 Å². The molecule has 3 aliphatic rings. The zero-order valence-corrected chi connectivity index (χ0v) is 9.57. The lowest BCUT2D eigenvalue weighted by Crippen LogP contribution is -1.82. The summed E-state index contributed by atoms with van der Waals surface area (Å²) >= 11 is 0. The fraction of sp³-hybridized carbons (Fsp3) is 0.600. The summed E-state index contributed by atoms with van der Waals surface area (Å²) in [6.07, 6.45) is 23.2. The molecule has 15 heavy (non-hydrogen) atoms. The van der Waals surface area contributed by atoms with E-state index >= 15 is 0 Å². The van der Waals surface area contributed by atoms with Crippen LogP contribution in [0.2, 0.25) is 0 Å². The highest BCUT2D eigenvalue weighted by atomic mass is 14.3. The van der Waals surface area contributed by atoms with E-state index in [1.165, 1.54) is 44.9 Å². The van der Waals surface area contributed by atoms with Crippen molar-refractivity contribution in [1.29, 1.82) is 0 Å². The minimum atomic E-state index is 0.991. The van der Waals surface area contributed by atoms with Gasteiger partial charge in [0, 0.05) is 0 Å². The highest BCUT2D eigenvalue weighted by Gasteiger charge is 2.25. The van der Waals surface area contributed by atoms with Gasteiger partial charge in [-0.15, -0.1) is 0 Å². The van der Waals surface area contributed by atoms with Crippen LogP contribution in [0.3, 0.4) is 0 Å². The zero-order chi connectivity index (χ0) is 10.3. The van der Waals surface area contributed by atoms with E-state index in [9.17, 15) is 0 Å². The van der Waals surface area contributed by atoms with E-state index in [4.69, 9.17) is 0 Å². The van der Waals surface area contributed by atoms with E-state index in [1.807, 2.05) is 0 Å². The van der Waals surface area contributed by atoms with Crippen molar-refractivity contribution in [3.05, 3.63) is 36.5 Å². The first-order valence-corrected chi connectivity index (χ1v) is 6.45. The smallest absolute Gasteiger partial charge is 0.0228 e. The topological polar surface area (TPSA) is 0 Å². The summed E-state index contributed by atoms with van der Waals surface area (Å²) in [6.45, 7) is 0. The van der Waals surface area contributed by atoms with Crippen LogP contribution in [0, 0.1) is 11.8 Å². The largest absolute Gasteiger partial charge is 0.0851 e. The fourth-order valence-electron chi connectivity index (χ4n) is 2.59. The number of fused-ring (bicyclic) bond motifs is 2. The monoisotopic (exact) mass is 202 g/mol. The molecule has 3 aliphatic carbocycles. The molecule has 82 valence electrons. The molecule has 0 N–H and O–H groups in total. The van der Waals surface area contributed by atoms with Gasteiger partial charge in [-0.1, -0.05) is 36.5 Å². The van der Waals surface area contributed by atoms with E-state index in [-0.39, 0.29) is 0 Å². The normalized spacial score (nSPS) is 32.0. The Bertz CT molecular complexity index is 231. The molecule has 3 rings (SSSR count). The SMILES string of the molecule is C1=CC2CCC1C2.C1=CCCCCC=C1. The van der Waals surface area contributed by atoms with Crippen molar-refractivity contribution in [2.45, 2.75) is 44.9 Å². The van der Waals surface area contributed by atoms with E-state index < -0.39 is 0 Å². The average Bonchev–Trinajstić information content (AvgIpc) is 2.80. The van der Waals surface area contributed by atoms with Crippen molar-refractivity contribution in [2.24, 2.45) is 11.8 Å². The van der Waals surface area contributed by atoms with Gasteiger partial charge < -0.3 is 0 Å². The predicted molar refractivity (Wildman–Crippen MR) is 66.7 cm³/mol. The maximum Gasteiger partial charge on any atom is -0.0228 e. The molecule has 0 spiro atoms. The van der Waals surface area contributed by atoms with Crippen LogP contribution in [0.1, 0.15) is 44.9 Å². The van der Waals surface area contributed by atoms with Gasteiger partial charge in [0.05, 0.1) is 0 Å². The van der Waals surface area contributed by atoms with Crippen molar-refractivity contribution < 1.29 is 0 Å². The second-order valence-corrected chi connectivity index (χ2v) is 4.86. The molecule has 2 atom stereocenters. The van der Waals surface area contributed by atoms with Gasteiger partial charge >= 0.3 is 0 Å². The summed E-state index contributed by atoms with van der Waals surface area (Å²) in [6, 6.07) is 0. The minimum absolute atomic E-state index is 0.991. The Hall–Kier alpha value is -0.780. The van der Waals surface area contributed by atoms with Crippen LogP contribution in [-0.2, 0) is 0 Å². The summed E-state index contributed by atoms with van der Waals surface area (Å²) in [4.78, 5) is 0. The van der Waals surface area contributed by atoms with Crippen LogP contribution < -0.4 is 0 Å². The number of allylic oxidation sites excluding steroid dienone is 6. The Morgan fingerprint density at radius 2 is 1.27 bits per heavy atom. The molecule has 0 aromatic heterocycles. The number of rotatable bonds is 0. The van der Waals surface area contributed by atoms with E-state index in [0.717, 1.165) is 11.8 Å². The Kier molecular flexibility index (Phi) is 4.25. The molecule has 0 saturated heterocycles. The zero-order valence-electron chi connectivity index (χ0n) is 9.57. The molecule has 0 nitrogen and oxygen atoms in total. The maximum atomic E-state index is 2.38. The lowest BCUT2D eigenvalue weighted by molar-refractivity contribution is 0.691. The Labute approximate surface area is 93.8 Å². The van der Waals surface area contributed by atoms with Crippen LogP contribution in [0.5, 0.6) is 0 Å². The fourth-order valence-corrected chi connectivity index (χ4v) is 2.59. The third-order valence-electron chi connectivity index (χ3n) is 3.54. The summed E-state index contributed by atoms with van der Waals surface area (Å²) in [5, 5.41) is 0. The highest BCUT2D eigenvalue weighted by Crippen LogP contribution is 2.38. The van der Waals surface area contributed by atoms with E-state index in [0.29, 0.717) is 0 Å². The lowest BCUT2D eigenvalue weighted by atomic mass is 10.1. The van der Waals surface area contributed by atoms with E-state index in [1.54, 1.807) is 0 Å². The summed E-state index contributed by atoms with van der Waals surface area (Å²) < 4.78 is 0. The molecule has 0 amide bonds. The van der Waals surface area contributed by atoms with Crippen LogP contribution in [0.15, 0.2) is 36.5 Å². The second-order valence-electron chi connectivity index (χ2n) is 4.86. The quantitative estimate of drug-likeness (QED) is 0.502. The van der Waals surface area contributed by atoms with Crippen molar-refractivity contribution >= 4 is 0 Å². The summed E-state index contributed by atoms with van der Waals surface area (Å²) in [5.74, 6) is 1.98. The molecule has 1 saturated carbocycles. The molecule has 0 aromatic carbocycles. The number of hydrogen-bond donors (Lipinski definition) is 0. The van der Waals surface area contributed by atoms with Crippen molar-refractivity contribution in [1.82, 2.24) is 0 Å². The predicted octanol–water partition coefficient (Wildman–Crippen LogP) is 4.65. The van der Waals surface area contributed by atoms with Gasteiger partial charge in [-0.05, 0) is 56.8 Å². The molecule has 0 heteroatoms. The first-order chi connectivity index (χ1) is 7.45. The highest BCUT2D eigenvalue weighted by molar-refractivity contribution is 5.06. The molecule has 2 bridgehead atoms. The Balaban J connectivity index is 0.000000114. The minimum Gasteiger partial charge on any atom is -0.0851 e. The van der Waals surface area contributed by atoms with Gasteiger partial charge in [0.1, 0.15) is 0 Å². The first kappa shape index (κ1) is 10.7. The van der Waals surface area contributed by atoms with Gasteiger partial charge in [0.25, 0.3) is 0 Å². The van der Waals surface area contributed by atoms with Crippen LogP contribution in [0.25, 0.3) is 0 Å². The first-order valence-electron chi connectivity index (χ1n) is 6.45. The van der Waals surface area contributed by atoms with E-state index in [2.05, 4.69) is 36.5 Å². The molecule has 0 radical (unpaired) electrons. The van der Waals surface area contributed by atoms with Crippen molar-refractivity contribution in [3.63, 3.8) is 0 Å². The molecule has 0 aliphatic heterocycles. The lowest BCUT2D eigenvalue weighted by Gasteiger charge is -1.96.